The van der Waals surface area contributed by atoms with E-state index in [0.29, 0.717) is 12.5 Å². The molecule has 1 aliphatic heterocycles. The molecule has 5 nitrogen and oxygen atoms in total. The van der Waals surface area contributed by atoms with Crippen LogP contribution in [0.3, 0.4) is 0 Å². The van der Waals surface area contributed by atoms with E-state index in [4.69, 9.17) is 12.6 Å². The molecule has 1 fully saturated rings. The second kappa shape index (κ2) is 10.7. The number of aryl methyl sites for hydroxylation is 1. The number of nitrogens with one attached hydrogen (secondary N) is 2. The van der Waals surface area contributed by atoms with Crippen LogP contribution in [0, 0.1) is 5.92 Å². The Morgan fingerprint density at radius 3 is 2.67 bits per heavy atom. The summed E-state index contributed by atoms with van der Waals surface area (Å²) in [6, 6.07) is 5.88. The fourth-order valence-electron chi connectivity index (χ4n) is 4.89. The van der Waals surface area contributed by atoms with Crippen molar-refractivity contribution < 1.29 is 13.9 Å². The average molecular weight is 453 g/mol. The first-order chi connectivity index (χ1) is 14.3. The van der Waals surface area contributed by atoms with E-state index in [9.17, 15) is 13.9 Å². The summed E-state index contributed by atoms with van der Waals surface area (Å²) in [4.78, 5) is 11.8. The van der Waals surface area contributed by atoms with Crippen molar-refractivity contribution in [2.75, 3.05) is 12.3 Å². The summed E-state index contributed by atoms with van der Waals surface area (Å²) in [7, 11) is -3.13. The average Bonchev–Trinajstić information content (AvgIpc) is 2.70. The van der Waals surface area contributed by atoms with Crippen LogP contribution in [0.1, 0.15) is 75.1 Å². The number of carbonyl (C=O) groups is 1. The molecular formula is C23H36N2O3S2-2. The summed E-state index contributed by atoms with van der Waals surface area (Å²) >= 11 is 4.82. The Balaban J connectivity index is 1.67. The Kier molecular flexibility index (Phi) is 8.55. The lowest BCUT2D eigenvalue weighted by atomic mass is 9.84. The number of sulfone groups is 1. The normalized spacial score (nSPS) is 24.5. The van der Waals surface area contributed by atoms with E-state index in [0.717, 1.165) is 24.0 Å². The molecule has 0 spiro atoms. The highest BCUT2D eigenvalue weighted by molar-refractivity contribution is 8.23. The first kappa shape index (κ1) is 23.9. The lowest BCUT2D eigenvalue weighted by Gasteiger charge is -2.64. The molecule has 1 aliphatic carbocycles. The zero-order valence-electron chi connectivity index (χ0n) is 18.2. The van der Waals surface area contributed by atoms with Crippen LogP contribution in [0.2, 0.25) is 0 Å². The number of benzene rings is 1. The molecule has 170 valence electrons. The van der Waals surface area contributed by atoms with Gasteiger partial charge in [-0.15, -0.1) is 0 Å². The monoisotopic (exact) mass is 452 g/mol. The second-order valence-electron chi connectivity index (χ2n) is 9.02. The first-order valence-electron chi connectivity index (χ1n) is 11.3. The molecule has 0 radical (unpaired) electrons. The molecule has 30 heavy (non-hydrogen) atoms. The summed E-state index contributed by atoms with van der Waals surface area (Å²) in [5, 5.41) is 6.49. The Hall–Kier alpha value is -0.730. The minimum atomic E-state index is -3.13. The largest absolute Gasteiger partial charge is 0.800 e. The van der Waals surface area contributed by atoms with Crippen molar-refractivity contribution in [3.8, 4) is 0 Å². The number of carbonyl (C=O) groups excluding carboxylic acids is 1. The SMILES string of the molecule is CCc1ccc2c(c1)[C@@H](NC[C@@H](S)[C@H](CC1CCCCC1)NC(C)=O)CS([O-])([O-])C2. The van der Waals surface area contributed by atoms with Crippen LogP contribution in [0.25, 0.3) is 0 Å². The minimum absolute atomic E-state index is 0.0110. The number of fused-ring (bicyclic) bond motifs is 1. The highest BCUT2D eigenvalue weighted by atomic mass is 32.3. The predicted molar refractivity (Wildman–Crippen MR) is 126 cm³/mol. The van der Waals surface area contributed by atoms with Gasteiger partial charge in [0, 0.05) is 30.8 Å². The lowest BCUT2D eigenvalue weighted by Crippen LogP contribution is -2.46. The summed E-state index contributed by atoms with van der Waals surface area (Å²) < 4.78 is 24.9. The molecule has 1 saturated carbocycles. The number of hydrogen-bond acceptors (Lipinski definition) is 5. The van der Waals surface area contributed by atoms with Crippen LogP contribution in [-0.2, 0) is 17.0 Å². The molecule has 1 aromatic rings. The fraction of sp³-hybridized carbons (Fsp3) is 0.696. The Morgan fingerprint density at radius 1 is 1.27 bits per heavy atom. The number of thiol groups is 1. The van der Waals surface area contributed by atoms with Gasteiger partial charge in [-0.2, -0.15) is 12.6 Å². The molecule has 0 aromatic heterocycles. The van der Waals surface area contributed by atoms with Crippen LogP contribution in [0.15, 0.2) is 18.2 Å². The van der Waals surface area contributed by atoms with Gasteiger partial charge in [-0.05, 0) is 47.0 Å². The number of hydrogen-bond donors (Lipinski definition) is 3. The van der Waals surface area contributed by atoms with Gasteiger partial charge in [-0.3, -0.25) is 4.79 Å². The quantitative estimate of drug-likeness (QED) is 0.515. The fourth-order valence-corrected chi connectivity index (χ4v) is 6.85. The molecule has 3 atom stereocenters. The van der Waals surface area contributed by atoms with Gasteiger partial charge in [0.05, 0.1) is 0 Å². The molecule has 0 bridgehead atoms. The third kappa shape index (κ3) is 6.63. The molecule has 0 unspecified atom stereocenters. The minimum Gasteiger partial charge on any atom is -0.800 e. The van der Waals surface area contributed by atoms with Crippen LogP contribution >= 0.6 is 23.2 Å². The first-order valence-corrected chi connectivity index (χ1v) is 13.6. The summed E-state index contributed by atoms with van der Waals surface area (Å²) in [6.45, 7) is 4.21. The number of amides is 1. The maximum absolute atomic E-state index is 12.4. The van der Waals surface area contributed by atoms with Gasteiger partial charge in [0.1, 0.15) is 0 Å². The van der Waals surface area contributed by atoms with Crippen molar-refractivity contribution in [3.63, 3.8) is 0 Å². The van der Waals surface area contributed by atoms with Crippen molar-refractivity contribution in [2.24, 2.45) is 5.92 Å². The van der Waals surface area contributed by atoms with Gasteiger partial charge in [0.2, 0.25) is 5.91 Å². The molecule has 2 N–H and O–H groups in total. The van der Waals surface area contributed by atoms with E-state index in [-0.39, 0.29) is 34.7 Å². The van der Waals surface area contributed by atoms with Crippen molar-refractivity contribution in [1.29, 1.82) is 0 Å². The van der Waals surface area contributed by atoms with Gasteiger partial charge in [-0.1, -0.05) is 57.2 Å². The topological polar surface area (TPSA) is 87.2 Å². The summed E-state index contributed by atoms with van der Waals surface area (Å²) in [6.07, 6.45) is 8.15. The van der Waals surface area contributed by atoms with Crippen molar-refractivity contribution >= 4 is 29.1 Å². The third-order valence-corrected chi connectivity index (χ3v) is 8.66. The van der Waals surface area contributed by atoms with Gasteiger partial charge in [0.25, 0.3) is 0 Å². The highest BCUT2D eigenvalue weighted by Crippen LogP contribution is 2.50. The molecule has 1 heterocycles. The zero-order chi connectivity index (χ0) is 21.7. The maximum Gasteiger partial charge on any atom is 0.217 e. The molecule has 0 saturated heterocycles. The predicted octanol–water partition coefficient (Wildman–Crippen LogP) is 4.23. The molecular weight excluding hydrogens is 416 g/mol. The van der Waals surface area contributed by atoms with Gasteiger partial charge in [0.15, 0.2) is 0 Å². The molecule has 7 heteroatoms. The van der Waals surface area contributed by atoms with Crippen LogP contribution in [-0.4, -0.2) is 38.6 Å². The van der Waals surface area contributed by atoms with Crippen LogP contribution in [0.4, 0.5) is 0 Å². The molecule has 3 rings (SSSR count). The van der Waals surface area contributed by atoms with Gasteiger partial charge >= 0.3 is 0 Å². The van der Waals surface area contributed by atoms with Gasteiger partial charge < -0.3 is 30.3 Å². The summed E-state index contributed by atoms with van der Waals surface area (Å²) in [5.74, 6) is 0.827. The van der Waals surface area contributed by atoms with Gasteiger partial charge in [-0.25, -0.2) is 0 Å². The number of rotatable bonds is 8. The lowest BCUT2D eigenvalue weighted by molar-refractivity contribution is -0.119. The summed E-state index contributed by atoms with van der Waals surface area (Å²) in [5.41, 5.74) is 3.20. The third-order valence-electron chi connectivity index (χ3n) is 6.53. The molecule has 1 amide bonds. The Bertz CT molecular complexity index is 722. The van der Waals surface area contributed by atoms with Crippen molar-refractivity contribution in [1.82, 2.24) is 10.6 Å². The van der Waals surface area contributed by atoms with Crippen LogP contribution in [0.5, 0.6) is 0 Å². The van der Waals surface area contributed by atoms with Crippen LogP contribution < -0.4 is 10.6 Å². The van der Waals surface area contributed by atoms with E-state index in [1.54, 1.807) is 6.92 Å². The van der Waals surface area contributed by atoms with E-state index in [1.807, 2.05) is 12.1 Å². The van der Waals surface area contributed by atoms with E-state index < -0.39 is 10.6 Å². The van der Waals surface area contributed by atoms with E-state index >= 15 is 0 Å². The standard InChI is InChI=1S/C23H38N2O3S2/c1-3-17-9-10-19-14-30(27,28)15-22(20(19)11-17)24-13-23(29)21(25-16(2)26)12-18-7-5-4-6-8-18/h9-11,18,21-24,27-29H,3-8,12-15H2,1-2H3,(H,25,26)/p-2/t21-,22-,23+/m0/s1. The Morgan fingerprint density at radius 2 is 2.00 bits per heavy atom. The molecule has 1 aromatic carbocycles. The highest BCUT2D eigenvalue weighted by Gasteiger charge is 2.27. The zero-order valence-corrected chi connectivity index (χ0v) is 19.9. The van der Waals surface area contributed by atoms with E-state index in [2.05, 4.69) is 23.6 Å². The van der Waals surface area contributed by atoms with E-state index in [1.165, 1.54) is 37.7 Å². The molecule has 2 aliphatic rings. The van der Waals surface area contributed by atoms with Crippen molar-refractivity contribution in [2.45, 2.75) is 81.9 Å². The van der Waals surface area contributed by atoms with Crippen molar-refractivity contribution in [3.05, 3.63) is 34.9 Å². The Labute approximate surface area is 188 Å². The second-order valence-corrected chi connectivity index (χ2v) is 11.8. The smallest absolute Gasteiger partial charge is 0.217 e. The maximum atomic E-state index is 12.4.